The van der Waals surface area contributed by atoms with Gasteiger partial charge in [0.25, 0.3) is 0 Å². The van der Waals surface area contributed by atoms with Crippen LogP contribution in [0.4, 0.5) is 11.5 Å². The highest BCUT2D eigenvalue weighted by atomic mass is 79.9. The molecule has 5 heteroatoms. The van der Waals surface area contributed by atoms with Crippen molar-refractivity contribution in [2.75, 3.05) is 19.5 Å². The molecule has 1 heterocycles. The Hall–Kier alpha value is -1.75. The number of rotatable bonds is 4. The smallest absolute Gasteiger partial charge is 0.146 e. The lowest BCUT2D eigenvalue weighted by atomic mass is 10.2. The first kappa shape index (κ1) is 13.7. The average Bonchev–Trinajstić information content (AvgIpc) is 2.42. The number of aromatic nitrogens is 1. The van der Waals surface area contributed by atoms with Crippen LogP contribution in [-0.2, 0) is 0 Å². The van der Waals surface area contributed by atoms with Crippen LogP contribution in [0.2, 0.25) is 0 Å². The Kier molecular flexibility index (Phi) is 4.27. The zero-order valence-corrected chi connectivity index (χ0v) is 12.6. The quantitative estimate of drug-likeness (QED) is 0.926. The minimum Gasteiger partial charge on any atom is -0.497 e. The molecule has 0 bridgehead atoms. The molecule has 2 rings (SSSR count). The largest absolute Gasteiger partial charge is 0.497 e. The summed E-state index contributed by atoms with van der Waals surface area (Å²) >= 11 is 3.40. The van der Waals surface area contributed by atoms with E-state index in [1.165, 1.54) is 0 Å². The Morgan fingerprint density at radius 2 is 1.95 bits per heavy atom. The standard InChI is InChI=1S/C14H15BrN2O2/c1-9-6-10(15)8-16-14(9)17-12-5-4-11(18-2)7-13(12)19-3/h4-8H,1-3H3,(H,16,17). The molecule has 0 aliphatic carbocycles. The molecule has 0 saturated carbocycles. The van der Waals surface area contributed by atoms with Gasteiger partial charge in [0.05, 0.1) is 19.9 Å². The van der Waals surface area contributed by atoms with Crippen molar-refractivity contribution in [3.05, 3.63) is 40.5 Å². The molecular weight excluding hydrogens is 308 g/mol. The molecule has 1 N–H and O–H groups in total. The Bertz CT molecular complexity index is 588. The van der Waals surface area contributed by atoms with E-state index in [4.69, 9.17) is 9.47 Å². The summed E-state index contributed by atoms with van der Waals surface area (Å²) in [6.45, 7) is 2.00. The maximum atomic E-state index is 5.34. The van der Waals surface area contributed by atoms with Crippen LogP contribution in [0, 0.1) is 6.92 Å². The lowest BCUT2D eigenvalue weighted by Gasteiger charge is -2.13. The third-order valence-electron chi connectivity index (χ3n) is 2.71. The summed E-state index contributed by atoms with van der Waals surface area (Å²) in [7, 11) is 3.25. The van der Waals surface area contributed by atoms with Crippen LogP contribution >= 0.6 is 15.9 Å². The first-order valence-corrected chi connectivity index (χ1v) is 6.54. The molecule has 0 spiro atoms. The molecule has 1 aromatic heterocycles. The van der Waals surface area contributed by atoms with E-state index in [-0.39, 0.29) is 0 Å². The fourth-order valence-corrected chi connectivity index (χ4v) is 2.15. The van der Waals surface area contributed by atoms with Crippen LogP contribution in [0.25, 0.3) is 0 Å². The summed E-state index contributed by atoms with van der Waals surface area (Å²) in [4.78, 5) is 4.35. The third kappa shape index (κ3) is 3.17. The molecule has 0 fully saturated rings. The van der Waals surface area contributed by atoms with Crippen molar-refractivity contribution in [1.29, 1.82) is 0 Å². The fraction of sp³-hybridized carbons (Fsp3) is 0.214. The number of ether oxygens (including phenoxy) is 2. The van der Waals surface area contributed by atoms with Gasteiger partial charge in [-0.2, -0.15) is 0 Å². The Morgan fingerprint density at radius 3 is 2.58 bits per heavy atom. The van der Waals surface area contributed by atoms with E-state index in [0.717, 1.165) is 27.3 Å². The van der Waals surface area contributed by atoms with E-state index < -0.39 is 0 Å². The molecule has 0 atom stereocenters. The van der Waals surface area contributed by atoms with Crippen molar-refractivity contribution in [3.8, 4) is 11.5 Å². The van der Waals surface area contributed by atoms with Gasteiger partial charge in [0, 0.05) is 16.7 Å². The van der Waals surface area contributed by atoms with E-state index >= 15 is 0 Å². The number of anilines is 2. The Morgan fingerprint density at radius 1 is 1.16 bits per heavy atom. The summed E-state index contributed by atoms with van der Waals surface area (Å²) in [5.74, 6) is 2.26. The number of benzene rings is 1. The Labute approximate surface area is 120 Å². The Balaban J connectivity index is 2.32. The van der Waals surface area contributed by atoms with Crippen LogP contribution in [0.1, 0.15) is 5.56 Å². The summed E-state index contributed by atoms with van der Waals surface area (Å²) in [6.07, 6.45) is 1.76. The summed E-state index contributed by atoms with van der Waals surface area (Å²) < 4.78 is 11.5. The van der Waals surface area contributed by atoms with Gasteiger partial charge in [-0.05, 0) is 46.6 Å². The molecule has 1 aromatic carbocycles. The normalized spacial score (nSPS) is 10.1. The topological polar surface area (TPSA) is 43.4 Å². The van der Waals surface area contributed by atoms with E-state index in [2.05, 4.69) is 26.2 Å². The summed E-state index contributed by atoms with van der Waals surface area (Å²) in [5.41, 5.74) is 1.90. The van der Waals surface area contributed by atoms with Crippen LogP contribution in [0.15, 0.2) is 34.9 Å². The van der Waals surface area contributed by atoms with Crippen molar-refractivity contribution in [1.82, 2.24) is 4.98 Å². The summed E-state index contributed by atoms with van der Waals surface area (Å²) in [5, 5.41) is 3.26. The predicted molar refractivity (Wildman–Crippen MR) is 79.5 cm³/mol. The van der Waals surface area contributed by atoms with Crippen molar-refractivity contribution in [2.45, 2.75) is 6.92 Å². The number of methoxy groups -OCH3 is 2. The third-order valence-corrected chi connectivity index (χ3v) is 3.14. The van der Waals surface area contributed by atoms with Crippen LogP contribution in [0.5, 0.6) is 11.5 Å². The zero-order chi connectivity index (χ0) is 13.8. The van der Waals surface area contributed by atoms with Crippen LogP contribution < -0.4 is 14.8 Å². The molecule has 0 saturated heterocycles. The van der Waals surface area contributed by atoms with Crippen molar-refractivity contribution >= 4 is 27.4 Å². The minimum atomic E-state index is 0.712. The van der Waals surface area contributed by atoms with Gasteiger partial charge in [-0.15, -0.1) is 0 Å². The highest BCUT2D eigenvalue weighted by molar-refractivity contribution is 9.10. The minimum absolute atomic E-state index is 0.712. The molecule has 100 valence electrons. The molecular formula is C14H15BrN2O2. The van der Waals surface area contributed by atoms with Gasteiger partial charge in [0.2, 0.25) is 0 Å². The van der Waals surface area contributed by atoms with Crippen molar-refractivity contribution < 1.29 is 9.47 Å². The van der Waals surface area contributed by atoms with Gasteiger partial charge in [0.1, 0.15) is 17.3 Å². The fourth-order valence-electron chi connectivity index (χ4n) is 1.70. The number of halogens is 1. The number of nitrogens with zero attached hydrogens (tertiary/aromatic N) is 1. The number of pyridine rings is 1. The molecule has 0 radical (unpaired) electrons. The highest BCUT2D eigenvalue weighted by Gasteiger charge is 2.07. The average molecular weight is 323 g/mol. The second-order valence-electron chi connectivity index (χ2n) is 4.01. The van der Waals surface area contributed by atoms with E-state index in [1.807, 2.05) is 31.2 Å². The SMILES string of the molecule is COc1ccc(Nc2ncc(Br)cc2C)c(OC)c1. The van der Waals surface area contributed by atoms with Gasteiger partial charge in [0.15, 0.2) is 0 Å². The highest BCUT2D eigenvalue weighted by Crippen LogP contribution is 2.32. The first-order chi connectivity index (χ1) is 9.13. The van der Waals surface area contributed by atoms with Gasteiger partial charge in [-0.1, -0.05) is 0 Å². The molecule has 19 heavy (non-hydrogen) atoms. The second-order valence-corrected chi connectivity index (χ2v) is 4.93. The maximum Gasteiger partial charge on any atom is 0.146 e. The molecule has 0 aliphatic rings. The first-order valence-electron chi connectivity index (χ1n) is 5.75. The number of hydrogen-bond donors (Lipinski definition) is 1. The van der Waals surface area contributed by atoms with Gasteiger partial charge >= 0.3 is 0 Å². The maximum absolute atomic E-state index is 5.34. The molecule has 0 aliphatic heterocycles. The molecule has 4 nitrogen and oxygen atoms in total. The molecule has 0 unspecified atom stereocenters. The zero-order valence-electron chi connectivity index (χ0n) is 11.0. The molecule has 2 aromatic rings. The summed E-state index contributed by atoms with van der Waals surface area (Å²) in [6, 6.07) is 7.61. The van der Waals surface area contributed by atoms with Crippen molar-refractivity contribution in [2.24, 2.45) is 0 Å². The second kappa shape index (κ2) is 5.93. The number of nitrogens with one attached hydrogen (secondary N) is 1. The van der Waals surface area contributed by atoms with E-state index in [9.17, 15) is 0 Å². The molecule has 0 amide bonds. The number of aryl methyl sites for hydroxylation is 1. The number of hydrogen-bond acceptors (Lipinski definition) is 4. The van der Waals surface area contributed by atoms with E-state index in [0.29, 0.717) is 5.75 Å². The van der Waals surface area contributed by atoms with Crippen LogP contribution in [-0.4, -0.2) is 19.2 Å². The van der Waals surface area contributed by atoms with Crippen LogP contribution in [0.3, 0.4) is 0 Å². The lowest BCUT2D eigenvalue weighted by Crippen LogP contribution is -1.99. The lowest BCUT2D eigenvalue weighted by molar-refractivity contribution is 0.395. The van der Waals surface area contributed by atoms with Gasteiger partial charge in [-0.3, -0.25) is 0 Å². The monoisotopic (exact) mass is 322 g/mol. The van der Waals surface area contributed by atoms with Gasteiger partial charge in [-0.25, -0.2) is 4.98 Å². The van der Waals surface area contributed by atoms with Crippen molar-refractivity contribution in [3.63, 3.8) is 0 Å². The predicted octanol–water partition coefficient (Wildman–Crippen LogP) is 3.91. The van der Waals surface area contributed by atoms with Gasteiger partial charge < -0.3 is 14.8 Å². The van der Waals surface area contributed by atoms with E-state index in [1.54, 1.807) is 20.4 Å².